The van der Waals surface area contributed by atoms with E-state index in [0.717, 1.165) is 25.2 Å². The molecule has 1 aliphatic heterocycles. The lowest BCUT2D eigenvalue weighted by molar-refractivity contribution is -0.125. The average Bonchev–Trinajstić information content (AvgIpc) is 2.93. The summed E-state index contributed by atoms with van der Waals surface area (Å²) >= 11 is 5.98. The van der Waals surface area contributed by atoms with Crippen molar-refractivity contribution in [3.8, 4) is 0 Å². The maximum Gasteiger partial charge on any atom is 0.239 e. The normalized spacial score (nSPS) is 17.6. The van der Waals surface area contributed by atoms with Gasteiger partial charge in [-0.25, -0.2) is 0 Å². The summed E-state index contributed by atoms with van der Waals surface area (Å²) in [7, 11) is 0. The van der Waals surface area contributed by atoms with E-state index in [9.17, 15) is 9.59 Å². The summed E-state index contributed by atoms with van der Waals surface area (Å²) in [5, 5.41) is 6.05. The van der Waals surface area contributed by atoms with Crippen molar-refractivity contribution in [2.24, 2.45) is 5.73 Å². The molecule has 1 fully saturated rings. The molecule has 114 valence electrons. The van der Waals surface area contributed by atoms with Crippen molar-refractivity contribution in [1.29, 1.82) is 0 Å². The van der Waals surface area contributed by atoms with E-state index in [1.807, 2.05) is 24.3 Å². The van der Waals surface area contributed by atoms with Gasteiger partial charge < -0.3 is 21.3 Å². The van der Waals surface area contributed by atoms with Gasteiger partial charge in [-0.15, -0.1) is 0 Å². The molecular formula is C14H19ClN4O2. The van der Waals surface area contributed by atoms with E-state index in [-0.39, 0.29) is 30.9 Å². The number of nitrogens with two attached hydrogens (primary N) is 1. The maximum atomic E-state index is 11.7. The Morgan fingerprint density at radius 2 is 2.19 bits per heavy atom. The van der Waals surface area contributed by atoms with Crippen LogP contribution in [-0.4, -0.2) is 44.0 Å². The molecule has 0 aromatic heterocycles. The predicted octanol–water partition coefficient (Wildman–Crippen LogP) is 0.110. The van der Waals surface area contributed by atoms with Crippen molar-refractivity contribution in [2.75, 3.05) is 31.1 Å². The highest BCUT2D eigenvalue weighted by atomic mass is 35.5. The molecule has 0 bridgehead atoms. The highest BCUT2D eigenvalue weighted by Gasteiger charge is 2.24. The Balaban J connectivity index is 1.80. The van der Waals surface area contributed by atoms with E-state index in [1.54, 1.807) is 0 Å². The number of hydrogen-bond donors (Lipinski definition) is 3. The fraction of sp³-hybridized carbons (Fsp3) is 0.429. The van der Waals surface area contributed by atoms with Crippen LogP contribution in [0.15, 0.2) is 24.3 Å². The first kappa shape index (κ1) is 15.6. The lowest BCUT2D eigenvalue weighted by Gasteiger charge is -2.19. The van der Waals surface area contributed by atoms with Crippen LogP contribution in [0.4, 0.5) is 5.69 Å². The van der Waals surface area contributed by atoms with Gasteiger partial charge in [0.1, 0.15) is 0 Å². The highest BCUT2D eigenvalue weighted by Crippen LogP contribution is 2.23. The highest BCUT2D eigenvalue weighted by molar-refractivity contribution is 6.30. The fourth-order valence-corrected chi connectivity index (χ4v) is 2.50. The van der Waals surface area contributed by atoms with Gasteiger partial charge in [0.2, 0.25) is 11.8 Å². The zero-order valence-electron chi connectivity index (χ0n) is 11.6. The van der Waals surface area contributed by atoms with Crippen molar-refractivity contribution in [1.82, 2.24) is 10.6 Å². The molecule has 0 saturated carbocycles. The molecule has 1 saturated heterocycles. The Bertz CT molecular complexity index is 523. The molecule has 0 aliphatic carbocycles. The van der Waals surface area contributed by atoms with Gasteiger partial charge in [0.05, 0.1) is 13.1 Å². The van der Waals surface area contributed by atoms with Crippen LogP contribution in [0.5, 0.6) is 0 Å². The van der Waals surface area contributed by atoms with Crippen molar-refractivity contribution >= 4 is 29.1 Å². The zero-order chi connectivity index (χ0) is 15.2. The minimum Gasteiger partial charge on any atom is -0.369 e. The number of anilines is 1. The Labute approximate surface area is 128 Å². The molecule has 0 spiro atoms. The van der Waals surface area contributed by atoms with Crippen LogP contribution in [-0.2, 0) is 9.59 Å². The molecule has 7 heteroatoms. The van der Waals surface area contributed by atoms with Crippen LogP contribution in [0.2, 0.25) is 5.02 Å². The van der Waals surface area contributed by atoms with Gasteiger partial charge >= 0.3 is 0 Å². The van der Waals surface area contributed by atoms with Gasteiger partial charge in [-0.05, 0) is 24.6 Å². The topological polar surface area (TPSA) is 87.5 Å². The molecule has 1 unspecified atom stereocenters. The van der Waals surface area contributed by atoms with Crippen LogP contribution in [0.3, 0.4) is 0 Å². The Morgan fingerprint density at radius 3 is 2.90 bits per heavy atom. The van der Waals surface area contributed by atoms with E-state index in [1.165, 1.54) is 0 Å². The molecule has 1 aliphatic rings. The van der Waals surface area contributed by atoms with Crippen LogP contribution >= 0.6 is 11.6 Å². The number of nitrogens with one attached hydrogen (secondary N) is 2. The van der Waals surface area contributed by atoms with E-state index in [2.05, 4.69) is 15.5 Å². The SMILES string of the molecule is NCC(=O)NCC(=O)NC1CCN(c2cccc(Cl)c2)C1. The zero-order valence-corrected chi connectivity index (χ0v) is 12.4. The molecule has 2 rings (SSSR count). The first-order valence-electron chi connectivity index (χ1n) is 6.85. The summed E-state index contributed by atoms with van der Waals surface area (Å²) in [5.74, 6) is -0.535. The van der Waals surface area contributed by atoms with Crippen molar-refractivity contribution in [3.63, 3.8) is 0 Å². The summed E-state index contributed by atoms with van der Waals surface area (Å²) in [6.45, 7) is 1.44. The Hall–Kier alpha value is -1.79. The second-order valence-corrected chi connectivity index (χ2v) is 5.40. The van der Waals surface area contributed by atoms with E-state index in [0.29, 0.717) is 5.02 Å². The second kappa shape index (κ2) is 7.28. The van der Waals surface area contributed by atoms with E-state index in [4.69, 9.17) is 17.3 Å². The van der Waals surface area contributed by atoms with Gasteiger partial charge in [0.25, 0.3) is 0 Å². The Kier molecular flexibility index (Phi) is 5.41. The van der Waals surface area contributed by atoms with Crippen molar-refractivity contribution < 1.29 is 9.59 Å². The van der Waals surface area contributed by atoms with Crippen LogP contribution in [0.25, 0.3) is 0 Å². The molecular weight excluding hydrogens is 292 g/mol. The minimum absolute atomic E-state index is 0.0380. The van der Waals surface area contributed by atoms with E-state index < -0.39 is 0 Å². The van der Waals surface area contributed by atoms with E-state index >= 15 is 0 Å². The van der Waals surface area contributed by atoms with Crippen molar-refractivity contribution in [2.45, 2.75) is 12.5 Å². The molecule has 21 heavy (non-hydrogen) atoms. The van der Waals surface area contributed by atoms with Gasteiger partial charge in [0, 0.05) is 29.8 Å². The quantitative estimate of drug-likeness (QED) is 0.720. The predicted molar refractivity (Wildman–Crippen MR) is 82.3 cm³/mol. The number of amides is 2. The third-order valence-corrected chi connectivity index (χ3v) is 3.59. The number of rotatable bonds is 5. The lowest BCUT2D eigenvalue weighted by atomic mass is 10.2. The third-order valence-electron chi connectivity index (χ3n) is 3.36. The molecule has 6 nitrogen and oxygen atoms in total. The summed E-state index contributed by atoms with van der Waals surface area (Å²) in [5.41, 5.74) is 6.21. The number of benzene rings is 1. The molecule has 2 amide bonds. The molecule has 1 atom stereocenters. The number of carbonyl (C=O) groups excluding carboxylic acids is 2. The van der Waals surface area contributed by atoms with Crippen LogP contribution in [0, 0.1) is 0 Å². The van der Waals surface area contributed by atoms with Gasteiger partial charge in [-0.2, -0.15) is 0 Å². The fourth-order valence-electron chi connectivity index (χ4n) is 2.32. The Morgan fingerprint density at radius 1 is 1.38 bits per heavy atom. The average molecular weight is 311 g/mol. The smallest absolute Gasteiger partial charge is 0.239 e. The monoisotopic (exact) mass is 310 g/mol. The molecule has 0 radical (unpaired) electrons. The molecule has 1 aromatic carbocycles. The number of hydrogen-bond acceptors (Lipinski definition) is 4. The summed E-state index contributed by atoms with van der Waals surface area (Å²) in [6, 6.07) is 7.73. The first-order chi connectivity index (χ1) is 10.1. The molecule has 4 N–H and O–H groups in total. The standard InChI is InChI=1S/C14H19ClN4O2/c15-10-2-1-3-12(6-10)19-5-4-11(9-19)18-14(21)8-17-13(20)7-16/h1-3,6,11H,4-5,7-9,16H2,(H,17,20)(H,18,21). The number of halogens is 1. The first-order valence-corrected chi connectivity index (χ1v) is 7.23. The van der Waals surface area contributed by atoms with Crippen LogP contribution in [0.1, 0.15) is 6.42 Å². The van der Waals surface area contributed by atoms with Gasteiger partial charge in [-0.1, -0.05) is 17.7 Å². The second-order valence-electron chi connectivity index (χ2n) is 4.96. The van der Waals surface area contributed by atoms with Crippen LogP contribution < -0.4 is 21.3 Å². The molecule has 1 heterocycles. The molecule has 1 aromatic rings. The minimum atomic E-state index is -0.336. The largest absolute Gasteiger partial charge is 0.369 e. The van der Waals surface area contributed by atoms with Gasteiger partial charge in [0.15, 0.2) is 0 Å². The van der Waals surface area contributed by atoms with Crippen molar-refractivity contribution in [3.05, 3.63) is 29.3 Å². The number of nitrogens with zero attached hydrogens (tertiary/aromatic N) is 1. The summed E-state index contributed by atoms with van der Waals surface area (Å²) < 4.78 is 0. The third kappa shape index (κ3) is 4.61. The summed E-state index contributed by atoms with van der Waals surface area (Å²) in [6.07, 6.45) is 0.864. The number of carbonyl (C=O) groups is 2. The summed E-state index contributed by atoms with van der Waals surface area (Å²) in [4.78, 5) is 24.9. The maximum absolute atomic E-state index is 11.7. The lowest BCUT2D eigenvalue weighted by Crippen LogP contribution is -2.44. The van der Waals surface area contributed by atoms with Gasteiger partial charge in [-0.3, -0.25) is 9.59 Å².